The zero-order valence-electron chi connectivity index (χ0n) is 36.9. The molecule has 6 aliphatic rings. The minimum atomic E-state index is -1.26. The zero-order valence-corrected chi connectivity index (χ0v) is 68.2. The van der Waals surface area contributed by atoms with Crippen LogP contribution >= 0.6 is 0 Å². The van der Waals surface area contributed by atoms with Crippen LogP contribution in [-0.2, 0) is 372 Å². The number of benzene rings is 2. The third kappa shape index (κ3) is 13.9. The van der Waals surface area contributed by atoms with E-state index < -0.39 is 16.9 Å². The van der Waals surface area contributed by atoms with E-state index in [2.05, 4.69) is 143 Å². The van der Waals surface area contributed by atoms with E-state index >= 15 is 0 Å². The first-order chi connectivity index (χ1) is 24.5. The van der Waals surface area contributed by atoms with Gasteiger partial charge in [0.15, 0.2) is 5.97 Å². The molecule has 0 saturated heterocycles. The fourth-order valence-electron chi connectivity index (χ4n) is 8.43. The Balaban J connectivity index is -0.000000293. The number of carboxylic acids is 1. The second-order valence-corrected chi connectivity index (χ2v) is 15.9. The van der Waals surface area contributed by atoms with Crippen LogP contribution in [0.3, 0.4) is 0 Å². The normalized spacial score (nSPS) is 15.5. The summed E-state index contributed by atoms with van der Waals surface area (Å²) in [5.74, 6) is 6.74. The standard InChI is InChI=1S/C21H19N3O.C21H19NO3.H4N2.W.10Y/c1-20(2)18-13-8-6-5-7-12(13)9-14(18)17-10-16-15(19(25)23-22-16)11-24(17)21(20,3)4;1-20(2)18-13-8-6-5-7-12(13)9-14(18)16-10-17(23)15(19(24)25)11-22(16)21(20,3)4;1-2;;;;;;;;;;;/h5-8H,9H2,1-4H3,(H,23,25);5-8H,9H2,1-4H3,(H,24,25);1-2H2;;;;;;;;;;;/q2*-2;;;;;;;;;;;;. The van der Waals surface area contributed by atoms with E-state index in [9.17, 15) is 19.5 Å². The van der Waals surface area contributed by atoms with Crippen LogP contribution in [0.1, 0.15) is 99.4 Å². The van der Waals surface area contributed by atoms with Gasteiger partial charge in [0.05, 0.1) is 0 Å². The van der Waals surface area contributed by atoms with Crippen molar-refractivity contribution in [2.75, 3.05) is 0 Å². The summed E-state index contributed by atoms with van der Waals surface area (Å²) in [4.78, 5) is 35.7. The summed E-state index contributed by atoms with van der Waals surface area (Å²) in [7, 11) is 0. The van der Waals surface area contributed by atoms with Crippen molar-refractivity contribution in [3.05, 3.63) is 133 Å². The van der Waals surface area contributed by atoms with Crippen LogP contribution < -0.4 is 22.7 Å². The fourth-order valence-corrected chi connectivity index (χ4v) is 8.43. The minimum Gasteiger partial charge on any atom is -0.530 e. The average Bonchev–Trinajstić information content (AvgIpc) is 3.81. The maximum Gasteiger partial charge on any atom is 0.196 e. The first-order valence-electron chi connectivity index (χ1n) is 17.3. The number of aromatic amines is 1. The van der Waals surface area contributed by atoms with Crippen LogP contribution in [0.25, 0.3) is 33.5 Å². The maximum absolute atomic E-state index is 12.3. The molecule has 0 bridgehead atoms. The number of hydrogen-bond acceptors (Lipinski definition) is 6. The Morgan fingerprint density at radius 3 is 1.44 bits per heavy atom. The monoisotopic (exact) mass is 1770 g/mol. The van der Waals surface area contributed by atoms with Gasteiger partial charge in [-0.15, -0.1) is 34.9 Å². The molecule has 4 aliphatic heterocycles. The van der Waals surface area contributed by atoms with Gasteiger partial charge in [0.25, 0.3) is 0 Å². The number of pyridine rings is 2. The third-order valence-electron chi connectivity index (χ3n) is 12.4. The van der Waals surface area contributed by atoms with E-state index in [0.29, 0.717) is 17.0 Å². The SMILES string of the molecule is CC1(C)C2=C(Cc3ccccc32)c2[c-]c(=O)c(C(=O)O)[c-]n2C1(C)C.CC1(C)C2=C(Cc3ccccc32)c2[c-]c3n[nH]c(=O)c-3[c-]n2C1(C)C.NN.[W].[Y].[Y].[Y].[Y].[Y].[Y].[Y].[Y].[Y].[Y]. The molecule has 0 unspecified atom stereocenters. The van der Waals surface area contributed by atoms with Crippen molar-refractivity contribution in [3.63, 3.8) is 0 Å². The van der Waals surface area contributed by atoms with Crippen LogP contribution in [0.5, 0.6) is 0 Å². The number of aromatic nitrogens is 4. The summed E-state index contributed by atoms with van der Waals surface area (Å²) in [6.07, 6.45) is 7.79. The van der Waals surface area contributed by atoms with Crippen molar-refractivity contribution in [1.29, 1.82) is 0 Å². The number of carbonyl (C=O) groups is 1. The Hall–Kier alpha value is 6.41. The van der Waals surface area contributed by atoms with E-state index in [4.69, 9.17) is 0 Å². The Kier molecular flexibility index (Phi) is 38.3. The number of H-pyrrole nitrogens is 1. The number of hydrogen-bond donors (Lipinski definition) is 4. The molecule has 0 fully saturated rings. The molecule has 10 radical (unpaired) electrons. The molecular weight excluding hydrogens is 1730 g/mol. The molecule has 0 saturated carbocycles. The van der Waals surface area contributed by atoms with Crippen LogP contribution in [0.15, 0.2) is 58.1 Å². The summed E-state index contributed by atoms with van der Waals surface area (Å²) in [6.45, 7) is 17.4. The van der Waals surface area contributed by atoms with Crippen molar-refractivity contribution < 1.29 is 358 Å². The number of nitrogens with two attached hydrogens (primary N) is 2. The number of rotatable bonds is 1. The van der Waals surface area contributed by atoms with Crippen molar-refractivity contribution in [2.24, 2.45) is 22.5 Å². The Morgan fingerprint density at radius 1 is 0.651 bits per heavy atom. The second-order valence-electron chi connectivity index (χ2n) is 15.9. The van der Waals surface area contributed by atoms with E-state index in [1.165, 1.54) is 39.0 Å². The van der Waals surface area contributed by atoms with Crippen LogP contribution in [0.2, 0.25) is 0 Å². The Bertz CT molecular complexity index is 2510. The van der Waals surface area contributed by atoms with Gasteiger partial charge in [-0.25, -0.2) is 12.1 Å². The number of nitrogens with zero attached hydrogens (tertiary/aromatic N) is 3. The van der Waals surface area contributed by atoms with Gasteiger partial charge in [-0.1, -0.05) is 100 Å². The molecule has 6 N–H and O–H groups in total. The molecule has 10 nitrogen and oxygen atoms in total. The minimum absolute atomic E-state index is 0. The Morgan fingerprint density at radius 2 is 1.03 bits per heavy atom. The fraction of sp³-hybridized carbons (Fsp3) is 0.333. The first-order valence-corrected chi connectivity index (χ1v) is 17.3. The average molecular weight is 1770 g/mol. The predicted molar refractivity (Wildman–Crippen MR) is 201 cm³/mol. The second kappa shape index (κ2) is 30.8. The van der Waals surface area contributed by atoms with Gasteiger partial charge in [0, 0.05) is 370 Å². The number of allylic oxidation sites excluding steroid dienone is 4. The summed E-state index contributed by atoms with van der Waals surface area (Å²) in [6, 6.07) is 23.1. The molecule has 3 aromatic rings. The van der Waals surface area contributed by atoms with Gasteiger partial charge in [-0.2, -0.15) is 16.8 Å². The molecule has 2 aromatic carbocycles. The van der Waals surface area contributed by atoms with E-state index in [1.54, 1.807) is 0 Å². The van der Waals surface area contributed by atoms with Gasteiger partial charge in [-0.05, 0) is 55.4 Å². The molecule has 2 aliphatic carbocycles. The van der Waals surface area contributed by atoms with Crippen molar-refractivity contribution in [2.45, 2.75) is 79.3 Å². The molecule has 1 aromatic heterocycles. The topological polar surface area (TPSA) is 162 Å². The largest absolute Gasteiger partial charge is 0.530 e. The quantitative estimate of drug-likeness (QED) is 0.0952. The van der Waals surface area contributed by atoms with Gasteiger partial charge >= 0.3 is 0 Å². The van der Waals surface area contributed by atoms with Crippen LogP contribution in [0, 0.1) is 35.4 Å². The van der Waals surface area contributed by atoms with Gasteiger partial charge in [-0.3, -0.25) is 16.8 Å². The number of nitrogens with one attached hydrogen (secondary N) is 1. The molecule has 9 rings (SSSR count). The molecule has 63 heavy (non-hydrogen) atoms. The summed E-state index contributed by atoms with van der Waals surface area (Å²) < 4.78 is 3.92. The first kappa shape index (κ1) is 78.3. The van der Waals surface area contributed by atoms with E-state index in [-0.39, 0.29) is 376 Å². The Labute approximate surface area is 637 Å². The van der Waals surface area contributed by atoms with Crippen molar-refractivity contribution >= 4 is 28.3 Å². The molecule has 0 spiro atoms. The maximum atomic E-state index is 12.3. The zero-order chi connectivity index (χ0) is 37.7. The number of carboxylic acid groups (broad SMARTS) is 1. The third-order valence-corrected chi connectivity index (χ3v) is 12.4. The van der Waals surface area contributed by atoms with Crippen LogP contribution in [0.4, 0.5) is 0 Å². The summed E-state index contributed by atoms with van der Waals surface area (Å²) in [5.41, 5.74) is 10.5. The van der Waals surface area contributed by atoms with Gasteiger partial charge < -0.3 is 33.7 Å². The number of fused-ring (bicyclic) bond motifs is 9. The van der Waals surface area contributed by atoms with Gasteiger partial charge in [0.2, 0.25) is 0 Å². The van der Waals surface area contributed by atoms with Crippen LogP contribution in [-0.4, -0.2) is 30.4 Å². The molecule has 304 valence electrons. The number of aromatic carboxylic acids is 1. The summed E-state index contributed by atoms with van der Waals surface area (Å²) in [5, 5.41) is 16.0. The smallest absolute Gasteiger partial charge is 0.196 e. The van der Waals surface area contributed by atoms with Crippen molar-refractivity contribution in [1.82, 2.24) is 19.3 Å². The molecular formula is C42H42N6O4WY10-4. The van der Waals surface area contributed by atoms with E-state index in [0.717, 1.165) is 24.1 Å². The van der Waals surface area contributed by atoms with E-state index in [1.807, 2.05) is 16.7 Å². The molecule has 21 heteroatoms. The predicted octanol–water partition coefficient (Wildman–Crippen LogP) is 5.70. The molecule has 0 amide bonds. The van der Waals surface area contributed by atoms with Gasteiger partial charge in [0.1, 0.15) is 5.56 Å². The number of hydrazine groups is 1. The van der Waals surface area contributed by atoms with Crippen molar-refractivity contribution in [3.8, 4) is 11.3 Å². The summed E-state index contributed by atoms with van der Waals surface area (Å²) >= 11 is 0. The molecule has 5 heterocycles. The molecule has 0 atom stereocenters.